The normalized spacial score (nSPS) is 24.9. The molecule has 0 aromatic carbocycles. The van der Waals surface area contributed by atoms with Gasteiger partial charge in [-0.05, 0) is 18.9 Å². The Balaban J connectivity index is 2.16. The van der Waals surface area contributed by atoms with Gasteiger partial charge in [-0.1, -0.05) is 6.92 Å². The first-order chi connectivity index (χ1) is 7.59. The van der Waals surface area contributed by atoms with Gasteiger partial charge in [-0.25, -0.2) is 0 Å². The minimum atomic E-state index is -0.0674. The average molecular weight is 227 g/mol. The number of hydrogen-bond acceptors (Lipinski definition) is 3. The fraction of sp³-hybridized carbons (Fsp3) is 0.818. The van der Waals surface area contributed by atoms with Gasteiger partial charge in [0.2, 0.25) is 11.8 Å². The van der Waals surface area contributed by atoms with E-state index in [9.17, 15) is 9.59 Å². The molecular weight excluding hydrogens is 206 g/mol. The van der Waals surface area contributed by atoms with Crippen LogP contribution in [0.3, 0.4) is 0 Å². The maximum atomic E-state index is 11.7. The summed E-state index contributed by atoms with van der Waals surface area (Å²) in [6.07, 6.45) is 0.943. The van der Waals surface area contributed by atoms with Crippen LogP contribution in [0.4, 0.5) is 0 Å². The SMILES string of the molecule is CC(=O)NCCNC(=O)C1CNCC(C)C1. The number of amides is 2. The largest absolute Gasteiger partial charge is 0.355 e. The monoisotopic (exact) mass is 227 g/mol. The molecule has 0 aliphatic carbocycles. The van der Waals surface area contributed by atoms with Crippen LogP contribution in [0.5, 0.6) is 0 Å². The number of carbonyl (C=O) groups is 2. The Labute approximate surface area is 96.4 Å². The van der Waals surface area contributed by atoms with Crippen molar-refractivity contribution in [1.29, 1.82) is 0 Å². The highest BCUT2D eigenvalue weighted by atomic mass is 16.2. The van der Waals surface area contributed by atoms with Gasteiger partial charge in [-0.3, -0.25) is 9.59 Å². The van der Waals surface area contributed by atoms with Gasteiger partial charge in [0.25, 0.3) is 0 Å². The van der Waals surface area contributed by atoms with Gasteiger partial charge in [0, 0.05) is 26.6 Å². The summed E-state index contributed by atoms with van der Waals surface area (Å²) in [7, 11) is 0. The predicted octanol–water partition coefficient (Wildman–Crippen LogP) is -0.516. The minimum absolute atomic E-state index is 0.0674. The van der Waals surface area contributed by atoms with Crippen molar-refractivity contribution in [1.82, 2.24) is 16.0 Å². The standard InChI is InChI=1S/C11H21N3O2/c1-8-5-10(7-12-6-8)11(16)14-4-3-13-9(2)15/h8,10,12H,3-7H2,1-2H3,(H,13,15)(H,14,16). The van der Waals surface area contributed by atoms with Gasteiger partial charge >= 0.3 is 0 Å². The summed E-state index contributed by atoms with van der Waals surface area (Å²) in [4.78, 5) is 22.3. The van der Waals surface area contributed by atoms with Crippen LogP contribution in [0.25, 0.3) is 0 Å². The fourth-order valence-electron chi connectivity index (χ4n) is 1.92. The van der Waals surface area contributed by atoms with Crippen molar-refractivity contribution in [3.8, 4) is 0 Å². The molecular formula is C11H21N3O2. The molecule has 1 saturated heterocycles. The Bertz CT molecular complexity index is 256. The molecule has 16 heavy (non-hydrogen) atoms. The summed E-state index contributed by atoms with van der Waals surface area (Å²) in [5.74, 6) is 0.646. The first-order valence-corrected chi connectivity index (χ1v) is 5.82. The van der Waals surface area contributed by atoms with E-state index in [0.29, 0.717) is 19.0 Å². The van der Waals surface area contributed by atoms with Crippen LogP contribution in [0.2, 0.25) is 0 Å². The van der Waals surface area contributed by atoms with E-state index < -0.39 is 0 Å². The predicted molar refractivity (Wildman–Crippen MR) is 61.8 cm³/mol. The molecule has 1 fully saturated rings. The number of piperidine rings is 1. The Morgan fingerprint density at radius 3 is 2.56 bits per heavy atom. The van der Waals surface area contributed by atoms with Crippen molar-refractivity contribution in [3.63, 3.8) is 0 Å². The molecule has 1 aliphatic heterocycles. The van der Waals surface area contributed by atoms with Crippen LogP contribution in [-0.2, 0) is 9.59 Å². The molecule has 1 rings (SSSR count). The Morgan fingerprint density at radius 1 is 1.25 bits per heavy atom. The molecule has 3 N–H and O–H groups in total. The summed E-state index contributed by atoms with van der Waals surface area (Å²) in [6.45, 7) is 6.37. The van der Waals surface area contributed by atoms with Crippen molar-refractivity contribution >= 4 is 11.8 Å². The molecule has 92 valence electrons. The highest BCUT2D eigenvalue weighted by Gasteiger charge is 2.24. The third-order valence-corrected chi connectivity index (χ3v) is 2.74. The van der Waals surface area contributed by atoms with Crippen molar-refractivity contribution < 1.29 is 9.59 Å². The van der Waals surface area contributed by atoms with Crippen LogP contribution in [0, 0.1) is 11.8 Å². The van der Waals surface area contributed by atoms with Crippen LogP contribution in [-0.4, -0.2) is 38.0 Å². The van der Waals surface area contributed by atoms with E-state index in [2.05, 4.69) is 22.9 Å². The maximum Gasteiger partial charge on any atom is 0.224 e. The summed E-state index contributed by atoms with van der Waals surface area (Å²) in [5.41, 5.74) is 0. The Hall–Kier alpha value is -1.10. The van der Waals surface area contributed by atoms with Crippen LogP contribution >= 0.6 is 0 Å². The van der Waals surface area contributed by atoms with E-state index in [1.807, 2.05) is 0 Å². The molecule has 0 aromatic heterocycles. The topological polar surface area (TPSA) is 70.2 Å². The summed E-state index contributed by atoms with van der Waals surface area (Å²) < 4.78 is 0. The lowest BCUT2D eigenvalue weighted by Crippen LogP contribution is -2.44. The molecule has 0 saturated carbocycles. The molecule has 1 heterocycles. The zero-order valence-corrected chi connectivity index (χ0v) is 10.0. The first-order valence-electron chi connectivity index (χ1n) is 5.82. The molecule has 2 unspecified atom stereocenters. The van der Waals surface area contributed by atoms with Gasteiger partial charge in [-0.2, -0.15) is 0 Å². The lowest BCUT2D eigenvalue weighted by atomic mass is 9.91. The second-order valence-corrected chi connectivity index (χ2v) is 4.47. The first kappa shape index (κ1) is 13.0. The quantitative estimate of drug-likeness (QED) is 0.566. The van der Waals surface area contributed by atoms with E-state index in [0.717, 1.165) is 19.5 Å². The number of nitrogens with one attached hydrogen (secondary N) is 3. The maximum absolute atomic E-state index is 11.7. The second-order valence-electron chi connectivity index (χ2n) is 4.47. The van der Waals surface area contributed by atoms with E-state index in [-0.39, 0.29) is 17.7 Å². The van der Waals surface area contributed by atoms with E-state index in [1.165, 1.54) is 6.92 Å². The van der Waals surface area contributed by atoms with Crippen molar-refractivity contribution in [3.05, 3.63) is 0 Å². The third kappa shape index (κ3) is 4.61. The van der Waals surface area contributed by atoms with Gasteiger partial charge in [0.1, 0.15) is 0 Å². The lowest BCUT2D eigenvalue weighted by Gasteiger charge is -2.26. The van der Waals surface area contributed by atoms with Gasteiger partial charge in [0.05, 0.1) is 5.92 Å². The van der Waals surface area contributed by atoms with E-state index in [4.69, 9.17) is 0 Å². The Kier molecular flexibility index (Phi) is 5.25. The fourth-order valence-corrected chi connectivity index (χ4v) is 1.92. The molecule has 0 spiro atoms. The molecule has 0 aromatic rings. The van der Waals surface area contributed by atoms with Gasteiger partial charge < -0.3 is 16.0 Å². The highest BCUT2D eigenvalue weighted by molar-refractivity contribution is 5.79. The smallest absolute Gasteiger partial charge is 0.224 e. The van der Waals surface area contributed by atoms with Gasteiger partial charge in [0.15, 0.2) is 0 Å². The van der Waals surface area contributed by atoms with E-state index in [1.54, 1.807) is 0 Å². The average Bonchev–Trinajstić information content (AvgIpc) is 2.24. The van der Waals surface area contributed by atoms with Gasteiger partial charge in [-0.15, -0.1) is 0 Å². The molecule has 0 bridgehead atoms. The van der Waals surface area contributed by atoms with Crippen LogP contribution in [0.15, 0.2) is 0 Å². The highest BCUT2D eigenvalue weighted by Crippen LogP contribution is 2.15. The third-order valence-electron chi connectivity index (χ3n) is 2.74. The number of hydrogen-bond donors (Lipinski definition) is 3. The summed E-state index contributed by atoms with van der Waals surface area (Å²) in [6, 6.07) is 0. The zero-order chi connectivity index (χ0) is 12.0. The van der Waals surface area contributed by atoms with E-state index >= 15 is 0 Å². The Morgan fingerprint density at radius 2 is 1.94 bits per heavy atom. The van der Waals surface area contributed by atoms with Crippen molar-refractivity contribution in [2.75, 3.05) is 26.2 Å². The van der Waals surface area contributed by atoms with Crippen LogP contribution in [0.1, 0.15) is 20.3 Å². The minimum Gasteiger partial charge on any atom is -0.355 e. The number of carbonyl (C=O) groups excluding carboxylic acids is 2. The van der Waals surface area contributed by atoms with Crippen molar-refractivity contribution in [2.45, 2.75) is 20.3 Å². The lowest BCUT2D eigenvalue weighted by molar-refractivity contribution is -0.126. The molecule has 0 radical (unpaired) electrons. The molecule has 1 aliphatic rings. The molecule has 2 atom stereocenters. The zero-order valence-electron chi connectivity index (χ0n) is 10.0. The van der Waals surface area contributed by atoms with Crippen molar-refractivity contribution in [2.24, 2.45) is 11.8 Å². The summed E-state index contributed by atoms with van der Waals surface area (Å²) in [5, 5.41) is 8.72. The second kappa shape index (κ2) is 6.48. The van der Waals surface area contributed by atoms with Crippen LogP contribution < -0.4 is 16.0 Å². The number of rotatable bonds is 4. The molecule has 5 heteroatoms. The molecule has 5 nitrogen and oxygen atoms in total. The summed E-state index contributed by atoms with van der Waals surface area (Å²) >= 11 is 0. The molecule has 2 amide bonds.